The Morgan fingerprint density at radius 3 is 2.50 bits per heavy atom. The maximum absolute atomic E-state index is 12.1. The van der Waals surface area contributed by atoms with Crippen LogP contribution in [0.5, 0.6) is 0 Å². The third kappa shape index (κ3) is 3.24. The number of benzene rings is 2. The van der Waals surface area contributed by atoms with Crippen LogP contribution < -0.4 is 5.32 Å². The van der Waals surface area contributed by atoms with Gasteiger partial charge in [0.15, 0.2) is 0 Å². The van der Waals surface area contributed by atoms with Crippen LogP contribution in [0.1, 0.15) is 40.0 Å². The SMILES string of the molecule is Cc1cccc(C(=O)NC(C)c2ccc(C#N)cc2)c1. The highest BCUT2D eigenvalue weighted by atomic mass is 16.1. The molecule has 1 atom stereocenters. The van der Waals surface area contributed by atoms with Crippen molar-refractivity contribution in [3.63, 3.8) is 0 Å². The van der Waals surface area contributed by atoms with Gasteiger partial charge in [0, 0.05) is 5.56 Å². The van der Waals surface area contributed by atoms with E-state index in [1.807, 2.05) is 44.2 Å². The van der Waals surface area contributed by atoms with Crippen molar-refractivity contribution in [2.24, 2.45) is 0 Å². The minimum absolute atomic E-state index is 0.0921. The molecule has 20 heavy (non-hydrogen) atoms. The Bertz CT molecular complexity index is 653. The molecule has 100 valence electrons. The van der Waals surface area contributed by atoms with Crippen LogP contribution in [0.3, 0.4) is 0 Å². The number of carbonyl (C=O) groups excluding carboxylic acids is 1. The van der Waals surface area contributed by atoms with E-state index in [4.69, 9.17) is 5.26 Å². The molecule has 0 fully saturated rings. The summed E-state index contributed by atoms with van der Waals surface area (Å²) >= 11 is 0. The van der Waals surface area contributed by atoms with Crippen LogP contribution in [0, 0.1) is 18.3 Å². The van der Waals surface area contributed by atoms with Crippen molar-refractivity contribution >= 4 is 5.91 Å². The lowest BCUT2D eigenvalue weighted by atomic mass is 10.1. The zero-order valence-electron chi connectivity index (χ0n) is 11.6. The monoisotopic (exact) mass is 264 g/mol. The number of nitrogens with one attached hydrogen (secondary N) is 1. The van der Waals surface area contributed by atoms with Crippen LogP contribution in [-0.2, 0) is 0 Å². The van der Waals surface area contributed by atoms with Gasteiger partial charge >= 0.3 is 0 Å². The third-order valence-electron chi connectivity index (χ3n) is 3.17. The Morgan fingerprint density at radius 1 is 1.20 bits per heavy atom. The average Bonchev–Trinajstić information content (AvgIpc) is 2.47. The van der Waals surface area contributed by atoms with E-state index < -0.39 is 0 Å². The molecule has 1 unspecified atom stereocenters. The van der Waals surface area contributed by atoms with E-state index in [1.54, 1.807) is 18.2 Å². The lowest BCUT2D eigenvalue weighted by Crippen LogP contribution is -2.26. The van der Waals surface area contributed by atoms with Gasteiger partial charge in [-0.1, -0.05) is 29.8 Å². The molecule has 0 radical (unpaired) electrons. The fourth-order valence-electron chi connectivity index (χ4n) is 2.00. The highest BCUT2D eigenvalue weighted by Gasteiger charge is 2.11. The van der Waals surface area contributed by atoms with Gasteiger partial charge in [-0.05, 0) is 43.7 Å². The lowest BCUT2D eigenvalue weighted by molar-refractivity contribution is 0.0940. The fourth-order valence-corrected chi connectivity index (χ4v) is 2.00. The van der Waals surface area contributed by atoms with Crippen molar-refractivity contribution in [1.29, 1.82) is 5.26 Å². The van der Waals surface area contributed by atoms with Crippen LogP contribution >= 0.6 is 0 Å². The van der Waals surface area contributed by atoms with Crippen LogP contribution in [0.15, 0.2) is 48.5 Å². The molecule has 2 aromatic carbocycles. The summed E-state index contributed by atoms with van der Waals surface area (Å²) in [7, 11) is 0. The molecule has 0 bridgehead atoms. The van der Waals surface area contributed by atoms with Crippen LogP contribution in [0.4, 0.5) is 0 Å². The largest absolute Gasteiger partial charge is 0.346 e. The minimum atomic E-state index is -0.101. The van der Waals surface area contributed by atoms with Crippen molar-refractivity contribution < 1.29 is 4.79 Å². The predicted molar refractivity (Wildman–Crippen MR) is 78.2 cm³/mol. The molecule has 3 heteroatoms. The van der Waals surface area contributed by atoms with E-state index in [1.165, 1.54) is 0 Å². The Labute approximate surface area is 118 Å². The standard InChI is InChI=1S/C17H16N2O/c1-12-4-3-5-16(10-12)17(20)19-13(2)15-8-6-14(11-18)7-9-15/h3-10,13H,1-2H3,(H,19,20). The lowest BCUT2D eigenvalue weighted by Gasteiger charge is -2.14. The zero-order chi connectivity index (χ0) is 14.5. The van der Waals surface area contributed by atoms with E-state index in [-0.39, 0.29) is 11.9 Å². The molecule has 0 saturated carbocycles. The molecular weight excluding hydrogens is 248 g/mol. The summed E-state index contributed by atoms with van der Waals surface area (Å²) in [5.74, 6) is -0.0921. The topological polar surface area (TPSA) is 52.9 Å². The summed E-state index contributed by atoms with van der Waals surface area (Å²) in [6.45, 7) is 3.88. The van der Waals surface area contributed by atoms with Crippen molar-refractivity contribution in [3.8, 4) is 6.07 Å². The molecule has 0 aliphatic rings. The molecule has 3 nitrogen and oxygen atoms in total. The normalized spacial score (nSPS) is 11.4. The van der Waals surface area contributed by atoms with Crippen LogP contribution in [-0.4, -0.2) is 5.91 Å². The Morgan fingerprint density at radius 2 is 1.90 bits per heavy atom. The maximum atomic E-state index is 12.1. The molecule has 0 spiro atoms. The fraction of sp³-hybridized carbons (Fsp3) is 0.176. The molecule has 0 aliphatic heterocycles. The number of hydrogen-bond donors (Lipinski definition) is 1. The van der Waals surface area contributed by atoms with Crippen LogP contribution in [0.25, 0.3) is 0 Å². The van der Waals surface area contributed by atoms with Crippen LogP contribution in [0.2, 0.25) is 0 Å². The first-order chi connectivity index (χ1) is 9.60. The summed E-state index contributed by atoms with van der Waals surface area (Å²) in [5, 5.41) is 11.7. The smallest absolute Gasteiger partial charge is 0.251 e. The van der Waals surface area contributed by atoms with Crippen molar-refractivity contribution in [2.45, 2.75) is 19.9 Å². The molecule has 0 heterocycles. The number of hydrogen-bond acceptors (Lipinski definition) is 2. The second-order valence-corrected chi connectivity index (χ2v) is 4.80. The molecule has 0 aromatic heterocycles. The summed E-state index contributed by atoms with van der Waals surface area (Å²) in [6.07, 6.45) is 0. The first-order valence-corrected chi connectivity index (χ1v) is 6.48. The minimum Gasteiger partial charge on any atom is -0.346 e. The number of aryl methyl sites for hydroxylation is 1. The maximum Gasteiger partial charge on any atom is 0.251 e. The van der Waals surface area contributed by atoms with Gasteiger partial charge in [0.05, 0.1) is 17.7 Å². The summed E-state index contributed by atoms with van der Waals surface area (Å²) in [6, 6.07) is 16.7. The predicted octanol–water partition coefficient (Wildman–Crippen LogP) is 3.36. The molecule has 0 aliphatic carbocycles. The number of rotatable bonds is 3. The van der Waals surface area contributed by atoms with Gasteiger partial charge in [-0.25, -0.2) is 0 Å². The molecule has 1 N–H and O–H groups in total. The van der Waals surface area contributed by atoms with Gasteiger partial charge in [-0.2, -0.15) is 5.26 Å². The average molecular weight is 264 g/mol. The third-order valence-corrected chi connectivity index (χ3v) is 3.17. The summed E-state index contributed by atoms with van der Waals surface area (Å²) in [4.78, 5) is 12.1. The van der Waals surface area contributed by atoms with E-state index in [0.29, 0.717) is 11.1 Å². The summed E-state index contributed by atoms with van der Waals surface area (Å²) in [5.41, 5.74) is 3.31. The molecular formula is C17H16N2O. The second kappa shape index (κ2) is 6.03. The van der Waals surface area contributed by atoms with Crippen molar-refractivity contribution in [1.82, 2.24) is 5.32 Å². The highest BCUT2D eigenvalue weighted by molar-refractivity contribution is 5.94. The van der Waals surface area contributed by atoms with Gasteiger partial charge in [0.1, 0.15) is 0 Å². The highest BCUT2D eigenvalue weighted by Crippen LogP contribution is 2.14. The van der Waals surface area contributed by atoms with Gasteiger partial charge in [-0.3, -0.25) is 4.79 Å². The Hall–Kier alpha value is -2.60. The van der Waals surface area contributed by atoms with E-state index >= 15 is 0 Å². The molecule has 2 rings (SSSR count). The Kier molecular flexibility index (Phi) is 4.17. The van der Waals surface area contributed by atoms with Gasteiger partial charge in [-0.15, -0.1) is 0 Å². The molecule has 1 amide bonds. The van der Waals surface area contributed by atoms with E-state index in [0.717, 1.165) is 11.1 Å². The number of nitrogens with zero attached hydrogens (tertiary/aromatic N) is 1. The molecule has 0 saturated heterocycles. The quantitative estimate of drug-likeness (QED) is 0.924. The first kappa shape index (κ1) is 13.8. The second-order valence-electron chi connectivity index (χ2n) is 4.80. The van der Waals surface area contributed by atoms with Crippen molar-refractivity contribution in [2.75, 3.05) is 0 Å². The van der Waals surface area contributed by atoms with E-state index in [2.05, 4.69) is 11.4 Å². The van der Waals surface area contributed by atoms with Crippen molar-refractivity contribution in [3.05, 3.63) is 70.8 Å². The zero-order valence-corrected chi connectivity index (χ0v) is 11.6. The summed E-state index contributed by atoms with van der Waals surface area (Å²) < 4.78 is 0. The first-order valence-electron chi connectivity index (χ1n) is 6.48. The number of carbonyl (C=O) groups is 1. The Balaban J connectivity index is 2.09. The van der Waals surface area contributed by atoms with E-state index in [9.17, 15) is 4.79 Å². The van der Waals surface area contributed by atoms with Gasteiger partial charge in [0.25, 0.3) is 5.91 Å². The molecule has 2 aromatic rings. The number of nitriles is 1. The van der Waals surface area contributed by atoms with Gasteiger partial charge in [0.2, 0.25) is 0 Å². The number of amides is 1. The van der Waals surface area contributed by atoms with Gasteiger partial charge < -0.3 is 5.32 Å².